The maximum atomic E-state index is 8.00. The van der Waals surface area contributed by atoms with Crippen LogP contribution in [0.25, 0.3) is 0 Å². The summed E-state index contributed by atoms with van der Waals surface area (Å²) >= 11 is 0. The van der Waals surface area contributed by atoms with Crippen molar-refractivity contribution in [3.05, 3.63) is 24.0 Å². The topological polar surface area (TPSA) is 44.7 Å². The van der Waals surface area contributed by atoms with Crippen LogP contribution in [0, 0.1) is 0 Å². The first-order chi connectivity index (χ1) is 8.31. The van der Waals surface area contributed by atoms with Gasteiger partial charge >= 0.3 is 0 Å². The summed E-state index contributed by atoms with van der Waals surface area (Å²) in [6.07, 6.45) is 8.39. The molecule has 0 saturated carbocycles. The number of likely N-dealkylation sites (tertiary alicyclic amines) is 1. The van der Waals surface area contributed by atoms with Crippen molar-refractivity contribution >= 4 is 13.5 Å². The Morgan fingerprint density at radius 3 is 2.47 bits per heavy atom. The molecule has 0 aromatic carbocycles. The molecule has 17 heavy (non-hydrogen) atoms. The summed E-state index contributed by atoms with van der Waals surface area (Å²) in [4.78, 5) is 14.4. The molecular formula is C13H25N3O. The molecule has 1 rings (SSSR count). The molecule has 0 aromatic rings. The fourth-order valence-electron chi connectivity index (χ4n) is 1.84. The zero-order valence-corrected chi connectivity index (χ0v) is 10.9. The van der Waals surface area contributed by atoms with Gasteiger partial charge in [-0.15, -0.1) is 0 Å². The third kappa shape index (κ3) is 5.45. The number of carbonyl (C=O) groups excluding carboxylic acids is 1. The summed E-state index contributed by atoms with van der Waals surface area (Å²) in [5.74, 6) is 0.989. The van der Waals surface area contributed by atoms with Gasteiger partial charge in [0.2, 0.25) is 0 Å². The number of rotatable bonds is 4. The minimum absolute atomic E-state index is 0. The molecule has 98 valence electrons. The zero-order chi connectivity index (χ0) is 13.1. The lowest BCUT2D eigenvalue weighted by molar-refractivity contribution is -0.0979. The summed E-state index contributed by atoms with van der Waals surface area (Å²) in [5.41, 5.74) is 0. The Hall–Kier alpha value is -1.42. The molecular weight excluding hydrogens is 214 g/mol. The van der Waals surface area contributed by atoms with E-state index < -0.39 is 0 Å². The average molecular weight is 239 g/mol. The van der Waals surface area contributed by atoms with E-state index in [1.807, 2.05) is 39.0 Å². The highest BCUT2D eigenvalue weighted by molar-refractivity contribution is 5.29. The van der Waals surface area contributed by atoms with Gasteiger partial charge in [-0.3, -0.25) is 0 Å². The van der Waals surface area contributed by atoms with Crippen molar-refractivity contribution in [3.63, 3.8) is 0 Å². The normalized spacial score (nSPS) is 17.8. The van der Waals surface area contributed by atoms with E-state index in [9.17, 15) is 0 Å². The van der Waals surface area contributed by atoms with Gasteiger partial charge in [0, 0.05) is 20.6 Å². The molecule has 4 heteroatoms. The predicted molar refractivity (Wildman–Crippen MR) is 75.3 cm³/mol. The maximum Gasteiger partial charge on any atom is 0.127 e. The van der Waals surface area contributed by atoms with E-state index in [4.69, 9.17) is 4.79 Å². The van der Waals surface area contributed by atoms with Crippen LogP contribution in [-0.2, 0) is 4.79 Å². The molecule has 0 aromatic heterocycles. The average Bonchev–Trinajstić information content (AvgIpc) is 2.42. The van der Waals surface area contributed by atoms with Crippen LogP contribution in [0.4, 0.5) is 0 Å². The molecule has 0 unspecified atom stereocenters. The molecule has 0 aliphatic carbocycles. The number of allylic oxidation sites excluding steroid dienone is 3. The van der Waals surface area contributed by atoms with Gasteiger partial charge in [0.05, 0.1) is 0 Å². The Morgan fingerprint density at radius 2 is 2.06 bits per heavy atom. The first-order valence-electron chi connectivity index (χ1n) is 5.82. The Kier molecular flexibility index (Phi) is 8.96. The molecule has 4 nitrogen and oxygen atoms in total. The lowest BCUT2D eigenvalue weighted by Crippen LogP contribution is -2.40. The minimum atomic E-state index is 0. The van der Waals surface area contributed by atoms with Gasteiger partial charge in [0.1, 0.15) is 12.6 Å². The van der Waals surface area contributed by atoms with Crippen LogP contribution in [-0.4, -0.2) is 44.6 Å². The number of hydrogen-bond acceptors (Lipinski definition) is 4. The molecule has 1 fully saturated rings. The van der Waals surface area contributed by atoms with Gasteiger partial charge in [-0.1, -0.05) is 12.2 Å². The summed E-state index contributed by atoms with van der Waals surface area (Å²) < 4.78 is 0. The maximum absolute atomic E-state index is 8.00. The number of nitrogens with one attached hydrogen (secondary N) is 1. The van der Waals surface area contributed by atoms with Crippen LogP contribution in [0.1, 0.15) is 21.2 Å². The van der Waals surface area contributed by atoms with Gasteiger partial charge in [-0.05, 0) is 39.6 Å². The number of aliphatic imine (C=N–C) groups is 1. The van der Waals surface area contributed by atoms with Crippen molar-refractivity contribution in [3.8, 4) is 0 Å². The van der Waals surface area contributed by atoms with Crippen molar-refractivity contribution < 1.29 is 6.22 Å². The van der Waals surface area contributed by atoms with Gasteiger partial charge in [-0.25, -0.2) is 4.99 Å². The fourth-order valence-corrected chi connectivity index (χ4v) is 1.84. The monoisotopic (exact) mass is 239 g/mol. The predicted octanol–water partition coefficient (Wildman–Crippen LogP) is 1.85. The van der Waals surface area contributed by atoms with E-state index in [0.29, 0.717) is 6.04 Å². The Morgan fingerprint density at radius 1 is 1.47 bits per heavy atom. The van der Waals surface area contributed by atoms with Crippen molar-refractivity contribution in [2.75, 3.05) is 20.1 Å². The van der Waals surface area contributed by atoms with Crippen LogP contribution >= 0.6 is 0 Å². The largest absolute Gasteiger partial charge is 0.357 e. The highest BCUT2D eigenvalue weighted by Gasteiger charge is 2.18. The van der Waals surface area contributed by atoms with E-state index in [-0.39, 0.29) is 1.43 Å². The van der Waals surface area contributed by atoms with Crippen LogP contribution < -0.4 is 5.32 Å². The quantitative estimate of drug-likeness (QED) is 0.601. The van der Waals surface area contributed by atoms with Crippen molar-refractivity contribution in [2.45, 2.75) is 25.8 Å². The van der Waals surface area contributed by atoms with Crippen molar-refractivity contribution in [1.29, 1.82) is 0 Å². The lowest BCUT2D eigenvalue weighted by Gasteiger charge is -2.33. The smallest absolute Gasteiger partial charge is 0.127 e. The van der Waals surface area contributed by atoms with Crippen LogP contribution in [0.2, 0.25) is 0 Å². The van der Waals surface area contributed by atoms with Gasteiger partial charge in [0.25, 0.3) is 0 Å². The molecule has 1 N–H and O–H groups in total. The van der Waals surface area contributed by atoms with Crippen LogP contribution in [0.5, 0.6) is 0 Å². The molecule has 0 amide bonds. The first-order valence-corrected chi connectivity index (χ1v) is 5.82. The fraction of sp³-hybridized carbons (Fsp3) is 0.538. The second-order valence-corrected chi connectivity index (χ2v) is 3.76. The van der Waals surface area contributed by atoms with E-state index in [1.165, 1.54) is 12.8 Å². The van der Waals surface area contributed by atoms with Crippen LogP contribution in [0.3, 0.4) is 0 Å². The van der Waals surface area contributed by atoms with E-state index >= 15 is 0 Å². The molecule has 0 spiro atoms. The number of carbonyl (C=O) groups is 1. The molecule has 0 atom stereocenters. The molecule has 0 radical (unpaired) electrons. The second kappa shape index (κ2) is 9.78. The molecule has 1 saturated heterocycles. The summed E-state index contributed by atoms with van der Waals surface area (Å²) in [5, 5.41) is 3.32. The minimum Gasteiger partial charge on any atom is -0.357 e. The molecule has 1 aliphatic heterocycles. The van der Waals surface area contributed by atoms with E-state index in [1.54, 1.807) is 0 Å². The third-order valence-corrected chi connectivity index (χ3v) is 2.83. The highest BCUT2D eigenvalue weighted by atomic mass is 16.1. The third-order valence-electron chi connectivity index (χ3n) is 2.83. The second-order valence-electron chi connectivity index (χ2n) is 3.76. The summed E-state index contributed by atoms with van der Waals surface area (Å²) in [6, 6.07) is 0.661. The van der Waals surface area contributed by atoms with Crippen molar-refractivity contribution in [1.82, 2.24) is 10.2 Å². The number of hydrogen-bond donors (Lipinski definition) is 1. The summed E-state index contributed by atoms with van der Waals surface area (Å²) in [7, 11) is 2.03. The van der Waals surface area contributed by atoms with Crippen molar-refractivity contribution in [2.24, 2.45) is 4.99 Å². The molecule has 0 bridgehead atoms. The van der Waals surface area contributed by atoms with E-state index in [2.05, 4.69) is 21.9 Å². The van der Waals surface area contributed by atoms with Gasteiger partial charge < -0.3 is 15.0 Å². The Labute approximate surface area is 106 Å². The van der Waals surface area contributed by atoms with E-state index in [0.717, 1.165) is 18.9 Å². The molecule has 1 aliphatic rings. The standard InChI is InChI=1S/C12H21N3.CH2O.H2/c1-4-5-6-12(14-3)15-9-7-11(13-2)8-10-15;1-2;/h4-6,11,13H,3,7-10H2,1-2H3;1H2;1H/b5-4-,12-6+;;. The summed E-state index contributed by atoms with van der Waals surface area (Å²) in [6.45, 7) is 9.75. The van der Waals surface area contributed by atoms with Gasteiger partial charge in [-0.2, -0.15) is 0 Å². The SMILES string of the molecule is C=N/C(=C\C=C/C)N1CCC(NC)CC1.C=O.[HH]. The Bertz CT molecular complexity index is 271. The first kappa shape index (κ1) is 15.6. The lowest BCUT2D eigenvalue weighted by atomic mass is 10.1. The van der Waals surface area contributed by atoms with Gasteiger partial charge in [0.15, 0.2) is 0 Å². The molecule has 1 heterocycles. The number of piperidine rings is 1. The highest BCUT2D eigenvalue weighted by Crippen LogP contribution is 2.15. The van der Waals surface area contributed by atoms with Crippen LogP contribution in [0.15, 0.2) is 29.0 Å². The Balaban J connectivity index is 0. The zero-order valence-electron chi connectivity index (χ0n) is 10.9. The number of nitrogens with zero attached hydrogens (tertiary/aromatic N) is 2.